The van der Waals surface area contributed by atoms with E-state index < -0.39 is 21.0 Å². The summed E-state index contributed by atoms with van der Waals surface area (Å²) in [4.78, 5) is 25.4. The smallest absolute Gasteiger partial charge is 0.241 e. The predicted molar refractivity (Wildman–Crippen MR) is 113 cm³/mol. The maximum absolute atomic E-state index is 13.1. The number of carbonyl (C=O) groups excluding carboxylic acids is 2. The average Bonchev–Trinajstić information content (AvgIpc) is 2.63. The minimum Gasteiger partial charge on any atom is -0.369 e. The van der Waals surface area contributed by atoms with E-state index >= 15 is 0 Å². The van der Waals surface area contributed by atoms with E-state index in [2.05, 4.69) is 10.0 Å². The van der Waals surface area contributed by atoms with E-state index in [4.69, 9.17) is 5.73 Å². The molecule has 7 nitrogen and oxygen atoms in total. The number of nitrogens with one attached hydrogen (secondary N) is 2. The van der Waals surface area contributed by atoms with Crippen LogP contribution in [0.15, 0.2) is 29.2 Å². The maximum Gasteiger partial charge on any atom is 0.241 e. The van der Waals surface area contributed by atoms with Crippen molar-refractivity contribution in [3.63, 3.8) is 0 Å². The van der Waals surface area contributed by atoms with Gasteiger partial charge in [0.05, 0.1) is 4.90 Å². The van der Waals surface area contributed by atoms with E-state index in [1.165, 1.54) is 6.07 Å². The van der Waals surface area contributed by atoms with Gasteiger partial charge in [-0.1, -0.05) is 18.2 Å². The summed E-state index contributed by atoms with van der Waals surface area (Å²) >= 11 is 0. The zero-order valence-corrected chi connectivity index (χ0v) is 18.6. The summed E-state index contributed by atoms with van der Waals surface area (Å²) in [5, 5.41) is 3.13. The molecule has 2 unspecified atom stereocenters. The van der Waals surface area contributed by atoms with Gasteiger partial charge in [-0.05, 0) is 82.3 Å². The van der Waals surface area contributed by atoms with E-state index in [0.29, 0.717) is 11.5 Å². The Labute approximate surface area is 178 Å². The van der Waals surface area contributed by atoms with Crippen LogP contribution in [0.2, 0.25) is 0 Å². The molecule has 0 radical (unpaired) electrons. The van der Waals surface area contributed by atoms with Crippen molar-refractivity contribution in [3.05, 3.63) is 29.8 Å². The molecule has 4 saturated carbocycles. The molecule has 1 aromatic carbocycles. The molecule has 0 heterocycles. The highest BCUT2D eigenvalue weighted by Gasteiger charge is 2.58. The lowest BCUT2D eigenvalue weighted by Crippen LogP contribution is -2.65. The van der Waals surface area contributed by atoms with Crippen LogP contribution in [0.4, 0.5) is 0 Å². The molecule has 4 bridgehead atoms. The summed E-state index contributed by atoms with van der Waals surface area (Å²) in [7, 11) is -3.85. The summed E-state index contributed by atoms with van der Waals surface area (Å²) in [5.41, 5.74) is 4.64. The fourth-order valence-electron chi connectivity index (χ4n) is 6.19. The van der Waals surface area contributed by atoms with E-state index in [0.717, 1.165) is 32.1 Å². The van der Waals surface area contributed by atoms with Crippen molar-refractivity contribution in [1.29, 1.82) is 0 Å². The Balaban J connectivity index is 1.49. The fraction of sp³-hybridized carbons (Fsp3) is 0.636. The van der Waals surface area contributed by atoms with Gasteiger partial charge in [-0.25, -0.2) is 8.42 Å². The molecule has 2 atom stereocenters. The van der Waals surface area contributed by atoms with Crippen LogP contribution < -0.4 is 15.8 Å². The Morgan fingerprint density at radius 3 is 2.27 bits per heavy atom. The molecule has 4 aliphatic rings. The SMILES string of the molecule is Cc1ccccc1S(=O)(=O)NC(C)(C)C(=O)NC1C2CC3CC1CC(C(N)=O)(C3)C2. The monoisotopic (exact) mass is 433 g/mol. The van der Waals surface area contributed by atoms with Crippen LogP contribution in [-0.2, 0) is 19.6 Å². The van der Waals surface area contributed by atoms with Gasteiger partial charge in [-0.15, -0.1) is 0 Å². The third-order valence-electron chi connectivity index (χ3n) is 7.43. The first-order chi connectivity index (χ1) is 13.9. The van der Waals surface area contributed by atoms with Gasteiger partial charge < -0.3 is 11.1 Å². The summed E-state index contributed by atoms with van der Waals surface area (Å²) < 4.78 is 28.3. The van der Waals surface area contributed by atoms with Gasteiger partial charge in [0, 0.05) is 11.5 Å². The Kier molecular flexibility index (Phi) is 5.01. The van der Waals surface area contributed by atoms with Gasteiger partial charge in [0.15, 0.2) is 0 Å². The average molecular weight is 434 g/mol. The highest BCUT2D eigenvalue weighted by molar-refractivity contribution is 7.89. The second-order valence-corrected chi connectivity index (χ2v) is 11.8. The van der Waals surface area contributed by atoms with Crippen LogP contribution in [0.25, 0.3) is 0 Å². The van der Waals surface area contributed by atoms with Gasteiger partial charge in [-0.3, -0.25) is 9.59 Å². The van der Waals surface area contributed by atoms with Crippen LogP contribution in [0.1, 0.15) is 51.5 Å². The van der Waals surface area contributed by atoms with Gasteiger partial charge >= 0.3 is 0 Å². The molecule has 8 heteroatoms. The number of nitrogens with two attached hydrogens (primary N) is 1. The first kappa shape index (κ1) is 21.3. The second-order valence-electron chi connectivity index (χ2n) is 10.1. The van der Waals surface area contributed by atoms with E-state index in [1.54, 1.807) is 39.0 Å². The number of aryl methyl sites for hydroxylation is 1. The first-order valence-corrected chi connectivity index (χ1v) is 12.1. The number of hydrogen-bond donors (Lipinski definition) is 3. The molecular formula is C22H31N3O4S. The van der Waals surface area contributed by atoms with Gasteiger partial charge in [0.2, 0.25) is 21.8 Å². The van der Waals surface area contributed by atoms with Crippen LogP contribution >= 0.6 is 0 Å². The topological polar surface area (TPSA) is 118 Å². The summed E-state index contributed by atoms with van der Waals surface area (Å²) in [5.74, 6) is 0.381. The summed E-state index contributed by atoms with van der Waals surface area (Å²) in [6, 6.07) is 6.66. The fourth-order valence-corrected chi connectivity index (χ4v) is 7.81. The molecule has 0 spiro atoms. The zero-order valence-electron chi connectivity index (χ0n) is 17.8. The highest BCUT2D eigenvalue weighted by atomic mass is 32.2. The molecule has 4 fully saturated rings. The van der Waals surface area contributed by atoms with Crippen LogP contribution in [-0.4, -0.2) is 31.8 Å². The maximum atomic E-state index is 13.1. The Hall–Kier alpha value is -1.93. The van der Waals surface area contributed by atoms with Crippen LogP contribution in [0.5, 0.6) is 0 Å². The molecule has 0 saturated heterocycles. The van der Waals surface area contributed by atoms with Gasteiger partial charge in [-0.2, -0.15) is 4.72 Å². The van der Waals surface area contributed by atoms with Crippen LogP contribution in [0.3, 0.4) is 0 Å². The number of benzene rings is 1. The molecule has 164 valence electrons. The van der Waals surface area contributed by atoms with Crippen LogP contribution in [0, 0.1) is 30.1 Å². The van der Waals surface area contributed by atoms with E-state index in [-0.39, 0.29) is 34.6 Å². The van der Waals surface area contributed by atoms with Crippen molar-refractivity contribution in [2.75, 3.05) is 0 Å². The molecule has 0 aliphatic heterocycles. The van der Waals surface area contributed by atoms with Crippen molar-refractivity contribution in [3.8, 4) is 0 Å². The largest absolute Gasteiger partial charge is 0.369 e. The lowest BCUT2D eigenvalue weighted by molar-refractivity contribution is -0.148. The number of rotatable bonds is 6. The molecule has 1 aromatic rings. The third-order valence-corrected chi connectivity index (χ3v) is 9.25. The molecule has 2 amide bonds. The summed E-state index contributed by atoms with van der Waals surface area (Å²) in [6.45, 7) is 4.89. The second kappa shape index (κ2) is 7.05. The van der Waals surface area contributed by atoms with Crippen molar-refractivity contribution in [2.45, 2.75) is 69.4 Å². The molecular weight excluding hydrogens is 402 g/mol. The van der Waals surface area contributed by atoms with Crippen molar-refractivity contribution < 1.29 is 18.0 Å². The lowest BCUT2D eigenvalue weighted by Gasteiger charge is -2.59. The predicted octanol–water partition coefficient (Wildman–Crippen LogP) is 1.85. The quantitative estimate of drug-likeness (QED) is 0.634. The Morgan fingerprint density at radius 2 is 1.70 bits per heavy atom. The standard InChI is InChI=1S/C22H31N3O4S/c1-13-6-4-5-7-17(13)30(28,29)25-21(2,3)20(27)24-18-15-8-14-9-16(18)12-22(10-14,11-15)19(23)26/h4-7,14-16,18,25H,8-12H2,1-3H3,(H2,23,26)(H,24,27). The van der Waals surface area contributed by atoms with Gasteiger partial charge in [0.1, 0.15) is 5.54 Å². The molecule has 30 heavy (non-hydrogen) atoms. The number of primary amides is 1. The van der Waals surface area contributed by atoms with E-state index in [1.807, 2.05) is 0 Å². The molecule has 4 N–H and O–H groups in total. The zero-order chi connectivity index (χ0) is 21.9. The van der Waals surface area contributed by atoms with Gasteiger partial charge in [0.25, 0.3) is 0 Å². The van der Waals surface area contributed by atoms with Crippen molar-refractivity contribution >= 4 is 21.8 Å². The first-order valence-electron chi connectivity index (χ1n) is 10.6. The highest BCUT2D eigenvalue weighted by Crippen LogP contribution is 2.59. The van der Waals surface area contributed by atoms with E-state index in [9.17, 15) is 18.0 Å². The summed E-state index contributed by atoms with van der Waals surface area (Å²) in [6.07, 6.45) is 4.29. The molecule has 5 rings (SSSR count). The van der Waals surface area contributed by atoms with Crippen molar-refractivity contribution in [1.82, 2.24) is 10.0 Å². The minimum atomic E-state index is -3.85. The number of sulfonamides is 1. The number of amides is 2. The Bertz CT molecular complexity index is 972. The minimum absolute atomic E-state index is 0.0382. The normalized spacial score (nSPS) is 32.8. The lowest BCUT2D eigenvalue weighted by atomic mass is 9.47. The molecule has 0 aromatic heterocycles. The Morgan fingerprint density at radius 1 is 1.10 bits per heavy atom. The number of carbonyl (C=O) groups is 2. The number of hydrogen-bond acceptors (Lipinski definition) is 4. The molecule has 4 aliphatic carbocycles. The van der Waals surface area contributed by atoms with Crippen molar-refractivity contribution in [2.24, 2.45) is 28.9 Å². The third kappa shape index (κ3) is 3.54.